The molecule has 3 rings (SSSR count). The van der Waals surface area contributed by atoms with Crippen LogP contribution in [0.15, 0.2) is 33.2 Å². The van der Waals surface area contributed by atoms with E-state index in [4.69, 9.17) is 16.0 Å². The second-order valence-corrected chi connectivity index (χ2v) is 6.04. The monoisotopic (exact) mass is 367 g/mol. The Morgan fingerprint density at radius 2 is 2.10 bits per heavy atom. The zero-order valence-electron chi connectivity index (χ0n) is 11.2. The number of anilines is 1. The summed E-state index contributed by atoms with van der Waals surface area (Å²) in [4.78, 5) is 25.8. The molecular formula is C15H11BrClNO3. The first kappa shape index (κ1) is 14.4. The van der Waals surface area contributed by atoms with Crippen molar-refractivity contribution in [3.8, 4) is 0 Å². The van der Waals surface area contributed by atoms with Gasteiger partial charge in [-0.15, -0.1) is 0 Å². The van der Waals surface area contributed by atoms with Crippen LogP contribution in [0.2, 0.25) is 5.22 Å². The highest BCUT2D eigenvalue weighted by Crippen LogP contribution is 2.34. The fourth-order valence-corrected chi connectivity index (χ4v) is 3.19. The predicted octanol–water partition coefficient (Wildman–Crippen LogP) is 3.84. The molecule has 1 aromatic heterocycles. The molecule has 1 aliphatic heterocycles. The summed E-state index contributed by atoms with van der Waals surface area (Å²) in [6, 6.07) is 6.67. The van der Waals surface area contributed by atoms with E-state index in [9.17, 15) is 9.59 Å². The number of nitrogens with zero attached hydrogens (tertiary/aromatic N) is 1. The van der Waals surface area contributed by atoms with Crippen LogP contribution in [0.1, 0.15) is 28.6 Å². The molecule has 0 saturated carbocycles. The first-order valence-electron chi connectivity index (χ1n) is 6.38. The molecule has 1 amide bonds. The normalized spacial score (nSPS) is 13.4. The molecule has 21 heavy (non-hydrogen) atoms. The molecule has 108 valence electrons. The van der Waals surface area contributed by atoms with E-state index in [2.05, 4.69) is 15.9 Å². The summed E-state index contributed by atoms with van der Waals surface area (Å²) in [6.45, 7) is 2.16. The van der Waals surface area contributed by atoms with E-state index >= 15 is 0 Å². The van der Waals surface area contributed by atoms with Crippen LogP contribution >= 0.6 is 27.5 Å². The number of ketones is 1. The number of carbonyl (C=O) groups is 2. The second-order valence-electron chi connectivity index (χ2n) is 4.81. The van der Waals surface area contributed by atoms with Gasteiger partial charge in [-0.25, -0.2) is 0 Å². The molecule has 0 spiro atoms. The molecule has 0 N–H and O–H groups in total. The third kappa shape index (κ3) is 2.51. The molecule has 6 heteroatoms. The van der Waals surface area contributed by atoms with Crippen molar-refractivity contribution >= 4 is 44.9 Å². The fraction of sp³-hybridized carbons (Fsp3) is 0.200. The first-order valence-corrected chi connectivity index (χ1v) is 7.55. The molecule has 0 unspecified atom stereocenters. The predicted molar refractivity (Wildman–Crippen MR) is 83.0 cm³/mol. The Kier molecular flexibility index (Phi) is 3.63. The van der Waals surface area contributed by atoms with E-state index < -0.39 is 0 Å². The lowest BCUT2D eigenvalue weighted by Crippen LogP contribution is -2.25. The van der Waals surface area contributed by atoms with Crippen molar-refractivity contribution in [3.63, 3.8) is 0 Å². The number of halogens is 2. The van der Waals surface area contributed by atoms with Gasteiger partial charge in [-0.3, -0.25) is 9.59 Å². The Morgan fingerprint density at radius 3 is 2.71 bits per heavy atom. The fourth-order valence-electron chi connectivity index (χ4n) is 2.48. The van der Waals surface area contributed by atoms with Gasteiger partial charge in [0.15, 0.2) is 11.0 Å². The van der Waals surface area contributed by atoms with Gasteiger partial charge in [0, 0.05) is 29.2 Å². The summed E-state index contributed by atoms with van der Waals surface area (Å²) >= 11 is 9.12. The number of amides is 1. The minimum absolute atomic E-state index is 0.0319. The summed E-state index contributed by atoms with van der Waals surface area (Å²) in [7, 11) is 0. The van der Waals surface area contributed by atoms with E-state index in [1.807, 2.05) is 6.07 Å². The highest BCUT2D eigenvalue weighted by molar-refractivity contribution is 9.10. The minimum Gasteiger partial charge on any atom is -0.441 e. The quantitative estimate of drug-likeness (QED) is 0.757. The third-order valence-electron chi connectivity index (χ3n) is 3.49. The molecule has 0 bridgehead atoms. The molecule has 0 fully saturated rings. The van der Waals surface area contributed by atoms with Crippen molar-refractivity contribution in [1.29, 1.82) is 0 Å². The maximum Gasteiger partial charge on any atom is 0.229 e. The number of fused-ring (bicyclic) bond motifs is 1. The maximum absolute atomic E-state index is 12.5. The molecule has 0 atom stereocenters. The summed E-state index contributed by atoms with van der Waals surface area (Å²) in [5, 5.41) is 0.168. The van der Waals surface area contributed by atoms with E-state index in [0.717, 1.165) is 17.7 Å². The molecule has 0 radical (unpaired) electrons. The van der Waals surface area contributed by atoms with Crippen LogP contribution in [0.4, 0.5) is 5.69 Å². The minimum atomic E-state index is -0.271. The Hall–Kier alpha value is -1.59. The van der Waals surface area contributed by atoms with Gasteiger partial charge in [0.2, 0.25) is 11.7 Å². The highest BCUT2D eigenvalue weighted by Gasteiger charge is 2.26. The van der Waals surface area contributed by atoms with Crippen molar-refractivity contribution < 1.29 is 14.0 Å². The van der Waals surface area contributed by atoms with Crippen LogP contribution < -0.4 is 4.90 Å². The van der Waals surface area contributed by atoms with Crippen LogP contribution in [0.25, 0.3) is 0 Å². The van der Waals surface area contributed by atoms with E-state index in [1.165, 1.54) is 19.1 Å². The molecule has 0 saturated heterocycles. The van der Waals surface area contributed by atoms with Crippen molar-refractivity contribution in [1.82, 2.24) is 0 Å². The number of carbonyl (C=O) groups excluding carboxylic acids is 2. The van der Waals surface area contributed by atoms with Gasteiger partial charge in [-0.1, -0.05) is 15.9 Å². The molecule has 0 aliphatic carbocycles. The van der Waals surface area contributed by atoms with E-state index in [0.29, 0.717) is 16.6 Å². The zero-order valence-corrected chi connectivity index (χ0v) is 13.5. The first-order chi connectivity index (χ1) is 9.97. The molecule has 1 aliphatic rings. The SMILES string of the molecule is CC(=O)N1CCc2cc(Br)c(C(=O)c3ccc(Cl)o3)cc21. The smallest absolute Gasteiger partial charge is 0.229 e. The third-order valence-corrected chi connectivity index (χ3v) is 4.34. The molecule has 2 heterocycles. The van der Waals surface area contributed by atoms with E-state index in [-0.39, 0.29) is 22.7 Å². The standard InChI is InChI=1S/C15H11BrClNO3/c1-8(19)18-5-4-9-6-11(16)10(7-12(9)18)15(20)13-2-3-14(17)21-13/h2-3,6-7H,4-5H2,1H3. The summed E-state index contributed by atoms with van der Waals surface area (Å²) < 4.78 is 5.85. The molecular weight excluding hydrogens is 358 g/mol. The molecule has 1 aromatic carbocycles. The molecule has 4 nitrogen and oxygen atoms in total. The number of benzene rings is 1. The van der Waals surface area contributed by atoms with Crippen LogP contribution in [-0.4, -0.2) is 18.2 Å². The van der Waals surface area contributed by atoms with Crippen LogP contribution in [0.5, 0.6) is 0 Å². The Morgan fingerprint density at radius 1 is 1.33 bits per heavy atom. The van der Waals surface area contributed by atoms with Crippen molar-refractivity contribution in [2.24, 2.45) is 0 Å². The van der Waals surface area contributed by atoms with Gasteiger partial charge in [0.1, 0.15) is 0 Å². The van der Waals surface area contributed by atoms with Crippen LogP contribution in [-0.2, 0) is 11.2 Å². The van der Waals surface area contributed by atoms with Crippen LogP contribution in [0.3, 0.4) is 0 Å². The topological polar surface area (TPSA) is 50.5 Å². The van der Waals surface area contributed by atoms with Gasteiger partial charge >= 0.3 is 0 Å². The van der Waals surface area contributed by atoms with Gasteiger partial charge in [0.05, 0.1) is 0 Å². The van der Waals surface area contributed by atoms with Crippen molar-refractivity contribution in [2.45, 2.75) is 13.3 Å². The lowest BCUT2D eigenvalue weighted by Gasteiger charge is -2.15. The number of hydrogen-bond acceptors (Lipinski definition) is 3. The lowest BCUT2D eigenvalue weighted by atomic mass is 10.0. The van der Waals surface area contributed by atoms with Gasteiger partial charge in [-0.2, -0.15) is 0 Å². The summed E-state index contributed by atoms with van der Waals surface area (Å²) in [5.41, 5.74) is 2.28. The largest absolute Gasteiger partial charge is 0.441 e. The summed E-state index contributed by atoms with van der Waals surface area (Å²) in [6.07, 6.45) is 0.786. The second kappa shape index (κ2) is 5.31. The van der Waals surface area contributed by atoms with Crippen molar-refractivity contribution in [3.05, 3.63) is 50.8 Å². The van der Waals surface area contributed by atoms with Crippen LogP contribution in [0, 0.1) is 0 Å². The summed E-state index contributed by atoms with van der Waals surface area (Å²) in [5.74, 6) is -0.129. The Labute approximate surface area is 134 Å². The van der Waals surface area contributed by atoms with Gasteiger partial charge in [0.25, 0.3) is 0 Å². The number of hydrogen-bond donors (Lipinski definition) is 0. The highest BCUT2D eigenvalue weighted by atomic mass is 79.9. The average Bonchev–Trinajstić information content (AvgIpc) is 3.02. The average molecular weight is 369 g/mol. The Balaban J connectivity index is 2.06. The zero-order chi connectivity index (χ0) is 15.1. The van der Waals surface area contributed by atoms with E-state index in [1.54, 1.807) is 11.0 Å². The maximum atomic E-state index is 12.5. The van der Waals surface area contributed by atoms with Gasteiger partial charge in [-0.05, 0) is 47.9 Å². The number of furan rings is 1. The van der Waals surface area contributed by atoms with Crippen molar-refractivity contribution in [2.75, 3.05) is 11.4 Å². The Bertz CT molecular complexity index is 753. The molecule has 2 aromatic rings. The van der Waals surface area contributed by atoms with Gasteiger partial charge < -0.3 is 9.32 Å². The lowest BCUT2D eigenvalue weighted by molar-refractivity contribution is -0.116. The number of rotatable bonds is 2.